The molecule has 3 aromatic carbocycles. The summed E-state index contributed by atoms with van der Waals surface area (Å²) in [4.78, 5) is 28.3. The molecule has 8 heteroatoms. The van der Waals surface area contributed by atoms with Crippen LogP contribution in [0.5, 0.6) is 17.2 Å². The fourth-order valence-electron chi connectivity index (χ4n) is 4.68. The Hall–Kier alpha value is -3.97. The number of hydrogen-bond donors (Lipinski definition) is 1. The van der Waals surface area contributed by atoms with Gasteiger partial charge in [0.2, 0.25) is 6.79 Å². The molecule has 1 N–H and O–H groups in total. The fraction of sp³-hybridized carbons (Fsp3) is 0.241. The fourth-order valence-corrected chi connectivity index (χ4v) is 4.81. The van der Waals surface area contributed by atoms with Crippen LogP contribution >= 0.6 is 11.6 Å². The lowest BCUT2D eigenvalue weighted by molar-refractivity contribution is -0.132. The zero-order valence-electron chi connectivity index (χ0n) is 20.7. The van der Waals surface area contributed by atoms with E-state index < -0.39 is 17.7 Å². The first kappa shape index (κ1) is 24.7. The highest BCUT2D eigenvalue weighted by atomic mass is 35.5. The average molecular weight is 520 g/mol. The molecule has 0 aliphatic carbocycles. The summed E-state index contributed by atoms with van der Waals surface area (Å²) in [7, 11) is 0. The molecular weight excluding hydrogens is 494 g/mol. The maximum absolute atomic E-state index is 13.5. The van der Waals surface area contributed by atoms with E-state index in [1.54, 1.807) is 60.7 Å². The molecule has 5 rings (SSSR count). The van der Waals surface area contributed by atoms with Gasteiger partial charge in [0.05, 0.1) is 18.2 Å². The van der Waals surface area contributed by atoms with Crippen molar-refractivity contribution < 1.29 is 28.9 Å². The van der Waals surface area contributed by atoms with E-state index in [1.807, 2.05) is 20.8 Å². The quantitative estimate of drug-likeness (QED) is 0.236. The summed E-state index contributed by atoms with van der Waals surface area (Å²) in [6.07, 6.45) is 0. The molecule has 0 aromatic heterocycles. The summed E-state index contributed by atoms with van der Waals surface area (Å²) in [5.41, 5.74) is 2.37. The summed E-state index contributed by atoms with van der Waals surface area (Å²) in [5.74, 6) is 0.0554. The minimum absolute atomic E-state index is 0.0103. The highest BCUT2D eigenvalue weighted by Gasteiger charge is 2.47. The van der Waals surface area contributed by atoms with Crippen molar-refractivity contribution in [3.05, 3.63) is 87.9 Å². The van der Waals surface area contributed by atoms with Gasteiger partial charge in [-0.25, -0.2) is 0 Å². The Morgan fingerprint density at radius 2 is 1.78 bits per heavy atom. The van der Waals surface area contributed by atoms with Gasteiger partial charge in [-0.15, -0.1) is 0 Å². The van der Waals surface area contributed by atoms with E-state index in [2.05, 4.69) is 0 Å². The third-order valence-corrected chi connectivity index (χ3v) is 6.72. The molecule has 1 amide bonds. The van der Waals surface area contributed by atoms with Crippen molar-refractivity contribution in [2.24, 2.45) is 0 Å². The van der Waals surface area contributed by atoms with E-state index in [1.165, 1.54) is 4.90 Å². The van der Waals surface area contributed by atoms with Crippen molar-refractivity contribution in [2.45, 2.75) is 32.7 Å². The number of amides is 1. The second-order valence-electron chi connectivity index (χ2n) is 9.10. The Morgan fingerprint density at radius 1 is 1.05 bits per heavy atom. The van der Waals surface area contributed by atoms with Gasteiger partial charge in [-0.3, -0.25) is 14.5 Å². The number of carbonyl (C=O) groups excluding carboxylic acids is 2. The maximum atomic E-state index is 13.5. The minimum atomic E-state index is -0.883. The van der Waals surface area contributed by atoms with Gasteiger partial charge in [0.25, 0.3) is 11.7 Å². The number of benzene rings is 3. The number of rotatable bonds is 6. The number of carbonyl (C=O) groups is 2. The van der Waals surface area contributed by atoms with E-state index >= 15 is 0 Å². The molecule has 2 aliphatic rings. The molecule has 3 aromatic rings. The highest BCUT2D eigenvalue weighted by Crippen LogP contribution is 2.45. The van der Waals surface area contributed by atoms with Crippen LogP contribution in [0.15, 0.2) is 66.2 Å². The molecule has 0 spiro atoms. The lowest BCUT2D eigenvalue weighted by atomic mass is 9.93. The van der Waals surface area contributed by atoms with Crippen molar-refractivity contribution in [1.29, 1.82) is 0 Å². The van der Waals surface area contributed by atoms with Gasteiger partial charge in [-0.1, -0.05) is 37.6 Å². The average Bonchev–Trinajstić information content (AvgIpc) is 3.46. The second-order valence-corrected chi connectivity index (χ2v) is 9.53. The van der Waals surface area contributed by atoms with Gasteiger partial charge in [0, 0.05) is 22.3 Å². The Bertz CT molecular complexity index is 1410. The molecule has 2 aliphatic heterocycles. The Labute approximate surface area is 219 Å². The summed E-state index contributed by atoms with van der Waals surface area (Å²) in [6.45, 7) is 6.53. The Balaban J connectivity index is 1.68. The van der Waals surface area contributed by atoms with Gasteiger partial charge in [0.1, 0.15) is 11.5 Å². The number of aliphatic hydroxyl groups is 1. The second kappa shape index (κ2) is 9.82. The van der Waals surface area contributed by atoms with Crippen LogP contribution in [0, 0.1) is 0 Å². The molecule has 1 fully saturated rings. The molecule has 0 radical (unpaired) electrons. The molecule has 1 unspecified atom stereocenters. The number of Topliss-reactive ketones (excluding diaryl/α,β-unsaturated/α-hetero) is 1. The van der Waals surface area contributed by atoms with E-state index in [9.17, 15) is 14.7 Å². The first-order chi connectivity index (χ1) is 17.8. The van der Waals surface area contributed by atoms with Crippen LogP contribution in [0.25, 0.3) is 5.76 Å². The lowest BCUT2D eigenvalue weighted by Gasteiger charge is -2.25. The topological polar surface area (TPSA) is 85.3 Å². The molecular formula is C29H26ClNO6. The van der Waals surface area contributed by atoms with Crippen LogP contribution < -0.4 is 19.1 Å². The van der Waals surface area contributed by atoms with E-state index in [0.29, 0.717) is 45.7 Å². The summed E-state index contributed by atoms with van der Waals surface area (Å²) in [5, 5.41) is 12.0. The first-order valence-corrected chi connectivity index (χ1v) is 12.4. The number of hydrogen-bond acceptors (Lipinski definition) is 6. The summed E-state index contributed by atoms with van der Waals surface area (Å²) >= 11 is 6.12. The number of ketones is 1. The smallest absolute Gasteiger partial charge is 0.300 e. The van der Waals surface area contributed by atoms with Crippen molar-refractivity contribution >= 4 is 34.7 Å². The zero-order valence-corrected chi connectivity index (χ0v) is 21.4. The molecule has 1 saturated heterocycles. The summed E-state index contributed by atoms with van der Waals surface area (Å²) in [6, 6.07) is 16.3. The first-order valence-electron chi connectivity index (χ1n) is 12.0. The van der Waals surface area contributed by atoms with E-state index in [0.717, 1.165) is 5.56 Å². The number of fused-ring (bicyclic) bond motifs is 1. The molecule has 2 heterocycles. The predicted molar refractivity (Wildman–Crippen MR) is 140 cm³/mol. The molecule has 0 saturated carbocycles. The maximum Gasteiger partial charge on any atom is 0.300 e. The van der Waals surface area contributed by atoms with Crippen LogP contribution in [-0.2, 0) is 9.59 Å². The number of halogens is 1. The van der Waals surface area contributed by atoms with Crippen molar-refractivity contribution in [2.75, 3.05) is 18.3 Å². The van der Waals surface area contributed by atoms with E-state index in [4.69, 9.17) is 25.8 Å². The Kier molecular flexibility index (Phi) is 6.56. The molecule has 7 nitrogen and oxygen atoms in total. The van der Waals surface area contributed by atoms with Crippen LogP contribution in [-0.4, -0.2) is 30.2 Å². The van der Waals surface area contributed by atoms with Crippen LogP contribution in [0.2, 0.25) is 5.02 Å². The van der Waals surface area contributed by atoms with Crippen molar-refractivity contribution in [3.63, 3.8) is 0 Å². The molecule has 37 heavy (non-hydrogen) atoms. The number of aliphatic hydroxyl groups excluding tert-OH is 1. The van der Waals surface area contributed by atoms with Crippen LogP contribution in [0.1, 0.15) is 49.4 Å². The van der Waals surface area contributed by atoms with E-state index in [-0.39, 0.29) is 24.0 Å². The van der Waals surface area contributed by atoms with Crippen molar-refractivity contribution in [3.8, 4) is 17.2 Å². The van der Waals surface area contributed by atoms with Gasteiger partial charge in [0.15, 0.2) is 11.5 Å². The number of anilines is 1. The standard InChI is InChI=1S/C29H26ClNO6/c1-4-35-22-11-7-18(13-21(22)16(2)3)27(32)25-26(17-5-8-19(30)9-6-17)31(29(34)28(25)33)20-10-12-23-24(14-20)37-15-36-23/h5-14,16,26,32H,4,15H2,1-3H3/b27-25+. The van der Waals surface area contributed by atoms with Gasteiger partial charge in [-0.05, 0) is 66.4 Å². The predicted octanol–water partition coefficient (Wildman–Crippen LogP) is 6.22. The molecule has 190 valence electrons. The third kappa shape index (κ3) is 4.40. The van der Waals surface area contributed by atoms with Crippen molar-refractivity contribution in [1.82, 2.24) is 0 Å². The summed E-state index contributed by atoms with van der Waals surface area (Å²) < 4.78 is 16.6. The molecule has 1 atom stereocenters. The zero-order chi connectivity index (χ0) is 26.3. The lowest BCUT2D eigenvalue weighted by Crippen LogP contribution is -2.29. The largest absolute Gasteiger partial charge is 0.507 e. The van der Waals surface area contributed by atoms with Gasteiger partial charge in [-0.2, -0.15) is 0 Å². The Morgan fingerprint density at radius 3 is 2.49 bits per heavy atom. The SMILES string of the molecule is CCOc1ccc(/C(O)=C2\C(=O)C(=O)N(c3ccc4c(c3)OCO4)C2c2ccc(Cl)cc2)cc1C(C)C. The highest BCUT2D eigenvalue weighted by molar-refractivity contribution is 6.51. The number of ether oxygens (including phenoxy) is 3. The number of nitrogens with zero attached hydrogens (tertiary/aromatic N) is 1. The normalized spacial score (nSPS) is 18.1. The molecule has 0 bridgehead atoms. The van der Waals surface area contributed by atoms with Gasteiger partial charge < -0.3 is 19.3 Å². The van der Waals surface area contributed by atoms with Crippen LogP contribution in [0.4, 0.5) is 5.69 Å². The third-order valence-electron chi connectivity index (χ3n) is 6.47. The van der Waals surface area contributed by atoms with Gasteiger partial charge >= 0.3 is 0 Å². The monoisotopic (exact) mass is 519 g/mol. The minimum Gasteiger partial charge on any atom is -0.507 e. The van der Waals surface area contributed by atoms with Crippen LogP contribution in [0.3, 0.4) is 0 Å².